The van der Waals surface area contributed by atoms with Crippen LogP contribution in [0.15, 0.2) is 36.9 Å². The summed E-state index contributed by atoms with van der Waals surface area (Å²) in [5.41, 5.74) is 1.08. The van der Waals surface area contributed by atoms with E-state index in [2.05, 4.69) is 6.58 Å². The number of aryl methyl sites for hydroxylation is 1. The molecule has 0 aliphatic heterocycles. The smallest absolute Gasteiger partial charge is 0.460 e. The van der Waals surface area contributed by atoms with Gasteiger partial charge in [-0.2, -0.15) is 0 Å². The first-order chi connectivity index (χ1) is 13.1. The topological polar surface area (TPSA) is 89.5 Å². The van der Waals surface area contributed by atoms with Gasteiger partial charge in [0.2, 0.25) is 0 Å². The van der Waals surface area contributed by atoms with Gasteiger partial charge in [-0.3, -0.25) is 0 Å². The number of hydrogen-bond donors (Lipinski definition) is 0. The largest absolute Gasteiger partial charge is 0.513 e. The van der Waals surface area contributed by atoms with Crippen LogP contribution in [-0.2, 0) is 28.5 Å². The maximum Gasteiger partial charge on any atom is 0.513 e. The van der Waals surface area contributed by atoms with Gasteiger partial charge in [-0.25, -0.2) is 9.59 Å². The number of hydrogen-bond acceptors (Lipinski definition) is 8. The second kappa shape index (κ2) is 14.7. The van der Waals surface area contributed by atoms with Crippen molar-refractivity contribution in [2.45, 2.75) is 6.92 Å². The fourth-order valence-electron chi connectivity index (χ4n) is 1.72. The molecule has 0 aromatic heterocycles. The number of benzene rings is 1. The predicted octanol–water partition coefficient (Wildman–Crippen LogP) is 2.29. The molecule has 0 fully saturated rings. The third-order valence-electron chi connectivity index (χ3n) is 3.05. The molecule has 0 saturated heterocycles. The van der Waals surface area contributed by atoms with Crippen LogP contribution in [-0.4, -0.2) is 65.0 Å². The lowest BCUT2D eigenvalue weighted by molar-refractivity contribution is -0.139. The number of esters is 1. The number of ether oxygens (including phenoxy) is 6. The van der Waals surface area contributed by atoms with Gasteiger partial charge in [0, 0.05) is 6.08 Å². The molecule has 0 aliphatic rings. The van der Waals surface area contributed by atoms with Crippen molar-refractivity contribution in [1.29, 1.82) is 0 Å². The first-order valence-corrected chi connectivity index (χ1v) is 8.55. The van der Waals surface area contributed by atoms with Gasteiger partial charge < -0.3 is 28.4 Å². The monoisotopic (exact) mass is 382 g/mol. The second-order valence-electron chi connectivity index (χ2n) is 5.22. The van der Waals surface area contributed by atoms with E-state index in [1.165, 1.54) is 0 Å². The molecule has 0 N–H and O–H groups in total. The molecule has 8 heteroatoms. The summed E-state index contributed by atoms with van der Waals surface area (Å²) in [4.78, 5) is 22.2. The Bertz CT molecular complexity index is 555. The molecule has 27 heavy (non-hydrogen) atoms. The molecule has 0 spiro atoms. The molecule has 150 valence electrons. The maximum atomic E-state index is 11.5. The SMILES string of the molecule is C=CC(=O)OCCOCCOCCOCCOC(=O)Oc1ccc(C)cc1. The summed E-state index contributed by atoms with van der Waals surface area (Å²) in [5.74, 6) is -0.0413. The quantitative estimate of drug-likeness (QED) is 0.210. The van der Waals surface area contributed by atoms with Crippen LogP contribution in [0.4, 0.5) is 4.79 Å². The average Bonchev–Trinajstić information content (AvgIpc) is 2.67. The normalized spacial score (nSPS) is 10.3. The third kappa shape index (κ3) is 12.6. The van der Waals surface area contributed by atoms with Crippen molar-refractivity contribution in [1.82, 2.24) is 0 Å². The van der Waals surface area contributed by atoms with E-state index in [9.17, 15) is 9.59 Å². The van der Waals surface area contributed by atoms with E-state index in [1.54, 1.807) is 12.1 Å². The van der Waals surface area contributed by atoms with Gasteiger partial charge in [0.1, 0.15) is 19.0 Å². The van der Waals surface area contributed by atoms with E-state index in [1.807, 2.05) is 19.1 Å². The molecule has 1 rings (SSSR count). The zero-order valence-corrected chi connectivity index (χ0v) is 15.5. The van der Waals surface area contributed by atoms with Gasteiger partial charge in [-0.05, 0) is 19.1 Å². The summed E-state index contributed by atoms with van der Waals surface area (Å²) >= 11 is 0. The highest BCUT2D eigenvalue weighted by molar-refractivity contribution is 5.81. The Hall–Kier alpha value is -2.42. The molecule has 0 heterocycles. The van der Waals surface area contributed by atoms with Crippen molar-refractivity contribution in [2.75, 3.05) is 52.9 Å². The molecule has 1 aromatic rings. The Kier molecular flexibility index (Phi) is 12.3. The summed E-state index contributed by atoms with van der Waals surface area (Å²) in [6.45, 7) is 7.60. The van der Waals surface area contributed by atoms with E-state index in [0.29, 0.717) is 38.8 Å². The fourth-order valence-corrected chi connectivity index (χ4v) is 1.72. The van der Waals surface area contributed by atoms with Gasteiger partial charge >= 0.3 is 12.1 Å². The van der Waals surface area contributed by atoms with Crippen LogP contribution in [0.2, 0.25) is 0 Å². The lowest BCUT2D eigenvalue weighted by Gasteiger charge is -2.08. The van der Waals surface area contributed by atoms with Crippen LogP contribution >= 0.6 is 0 Å². The Morgan fingerprint density at radius 3 is 1.81 bits per heavy atom. The van der Waals surface area contributed by atoms with Gasteiger partial charge in [0.15, 0.2) is 0 Å². The highest BCUT2D eigenvalue weighted by Gasteiger charge is 2.05. The van der Waals surface area contributed by atoms with Crippen molar-refractivity contribution in [3.63, 3.8) is 0 Å². The molecular formula is C19H26O8. The van der Waals surface area contributed by atoms with Crippen molar-refractivity contribution in [3.8, 4) is 5.75 Å². The Balaban J connectivity index is 1.84. The highest BCUT2D eigenvalue weighted by Crippen LogP contribution is 2.11. The van der Waals surface area contributed by atoms with Crippen molar-refractivity contribution in [3.05, 3.63) is 42.5 Å². The van der Waals surface area contributed by atoms with Crippen molar-refractivity contribution in [2.24, 2.45) is 0 Å². The van der Waals surface area contributed by atoms with Crippen molar-refractivity contribution >= 4 is 12.1 Å². The van der Waals surface area contributed by atoms with Gasteiger partial charge in [-0.15, -0.1) is 0 Å². The van der Waals surface area contributed by atoms with Crippen molar-refractivity contribution < 1.29 is 38.0 Å². The molecule has 0 atom stereocenters. The van der Waals surface area contributed by atoms with Crippen LogP contribution in [0.25, 0.3) is 0 Å². The molecule has 8 nitrogen and oxygen atoms in total. The van der Waals surface area contributed by atoms with Crippen LogP contribution in [0.5, 0.6) is 5.75 Å². The first kappa shape index (κ1) is 22.6. The summed E-state index contributed by atoms with van der Waals surface area (Å²) < 4.78 is 30.4. The van der Waals surface area contributed by atoms with Crippen LogP contribution in [0.3, 0.4) is 0 Å². The van der Waals surface area contributed by atoms with Gasteiger partial charge in [0.05, 0.1) is 39.6 Å². The van der Waals surface area contributed by atoms with E-state index in [-0.39, 0.29) is 19.8 Å². The maximum absolute atomic E-state index is 11.5. The number of carbonyl (C=O) groups is 2. The molecule has 0 unspecified atom stereocenters. The van der Waals surface area contributed by atoms with Crippen LogP contribution in [0.1, 0.15) is 5.56 Å². The molecule has 0 amide bonds. The highest BCUT2D eigenvalue weighted by atomic mass is 16.7. The predicted molar refractivity (Wildman–Crippen MR) is 96.8 cm³/mol. The van der Waals surface area contributed by atoms with E-state index in [4.69, 9.17) is 28.4 Å². The average molecular weight is 382 g/mol. The molecule has 0 radical (unpaired) electrons. The number of carbonyl (C=O) groups excluding carboxylic acids is 2. The standard InChI is InChI=1S/C19H26O8/c1-3-18(20)25-14-12-23-10-8-22-9-11-24-13-15-26-19(21)27-17-6-4-16(2)5-7-17/h3-7H,1,8-15H2,2H3. The van der Waals surface area contributed by atoms with Crippen LogP contribution in [0, 0.1) is 6.92 Å². The Morgan fingerprint density at radius 2 is 1.30 bits per heavy atom. The summed E-state index contributed by atoms with van der Waals surface area (Å²) in [5, 5.41) is 0. The van der Waals surface area contributed by atoms with E-state index < -0.39 is 12.1 Å². The summed E-state index contributed by atoms with van der Waals surface area (Å²) in [6.07, 6.45) is 0.329. The number of rotatable bonds is 14. The lowest BCUT2D eigenvalue weighted by Crippen LogP contribution is -2.16. The minimum absolute atomic E-state index is 0.0945. The fraction of sp³-hybridized carbons (Fsp3) is 0.474. The van der Waals surface area contributed by atoms with Gasteiger partial charge in [-0.1, -0.05) is 24.3 Å². The molecule has 0 bridgehead atoms. The summed E-state index contributed by atoms with van der Waals surface area (Å²) in [7, 11) is 0. The van der Waals surface area contributed by atoms with E-state index in [0.717, 1.165) is 11.6 Å². The minimum Gasteiger partial charge on any atom is -0.460 e. The molecule has 0 saturated carbocycles. The Morgan fingerprint density at radius 1 is 0.815 bits per heavy atom. The zero-order chi connectivity index (χ0) is 19.7. The Labute approximate surface area is 158 Å². The molecular weight excluding hydrogens is 356 g/mol. The third-order valence-corrected chi connectivity index (χ3v) is 3.05. The first-order valence-electron chi connectivity index (χ1n) is 8.55. The van der Waals surface area contributed by atoms with Crippen LogP contribution < -0.4 is 4.74 Å². The van der Waals surface area contributed by atoms with Gasteiger partial charge in [0.25, 0.3) is 0 Å². The zero-order valence-electron chi connectivity index (χ0n) is 15.5. The summed E-state index contributed by atoms with van der Waals surface area (Å²) in [6, 6.07) is 7.08. The minimum atomic E-state index is -0.769. The molecule has 1 aromatic carbocycles. The lowest BCUT2D eigenvalue weighted by atomic mass is 10.2. The molecule has 0 aliphatic carbocycles. The second-order valence-corrected chi connectivity index (χ2v) is 5.22. The van der Waals surface area contributed by atoms with E-state index >= 15 is 0 Å².